The molecule has 1 saturated heterocycles. The summed E-state index contributed by atoms with van der Waals surface area (Å²) in [6, 6.07) is 20.5. The van der Waals surface area contributed by atoms with Crippen molar-refractivity contribution in [2.24, 2.45) is 0 Å². The Labute approximate surface area is 126 Å². The quantitative estimate of drug-likeness (QED) is 0.927. The van der Waals surface area contributed by atoms with E-state index in [-0.39, 0.29) is 0 Å². The van der Waals surface area contributed by atoms with Crippen molar-refractivity contribution in [1.82, 2.24) is 5.32 Å². The van der Waals surface area contributed by atoms with E-state index >= 15 is 0 Å². The number of hydrogen-bond donors (Lipinski definition) is 1. The predicted molar refractivity (Wildman–Crippen MR) is 87.9 cm³/mol. The van der Waals surface area contributed by atoms with Crippen LogP contribution < -0.4 is 10.2 Å². The van der Waals surface area contributed by atoms with Crippen LogP contribution in [0.1, 0.15) is 23.5 Å². The molecular formula is C19H22N2. The second-order valence-electron chi connectivity index (χ2n) is 6.15. The van der Waals surface area contributed by atoms with Crippen molar-refractivity contribution in [1.29, 1.82) is 0 Å². The minimum absolute atomic E-state index is 0.672. The SMILES string of the molecule is c1ccc(CCN2c3ccccc3C3CNCCC32)cc1. The van der Waals surface area contributed by atoms with Gasteiger partial charge in [-0.15, -0.1) is 0 Å². The van der Waals surface area contributed by atoms with Gasteiger partial charge in [0.25, 0.3) is 0 Å². The first kappa shape index (κ1) is 12.9. The smallest absolute Gasteiger partial charge is 0.0405 e. The number of piperidine rings is 1. The molecule has 0 bridgehead atoms. The second-order valence-corrected chi connectivity index (χ2v) is 6.15. The van der Waals surface area contributed by atoms with Gasteiger partial charge in [0.1, 0.15) is 0 Å². The summed E-state index contributed by atoms with van der Waals surface area (Å²) in [4.78, 5) is 2.66. The largest absolute Gasteiger partial charge is 0.367 e. The summed E-state index contributed by atoms with van der Waals surface area (Å²) < 4.78 is 0. The van der Waals surface area contributed by atoms with E-state index in [1.54, 1.807) is 5.56 Å². The maximum atomic E-state index is 3.56. The zero-order chi connectivity index (χ0) is 14.1. The monoisotopic (exact) mass is 278 g/mol. The van der Waals surface area contributed by atoms with Crippen molar-refractivity contribution in [3.05, 3.63) is 65.7 Å². The fourth-order valence-electron chi connectivity index (χ4n) is 3.96. The van der Waals surface area contributed by atoms with Gasteiger partial charge in [-0.1, -0.05) is 48.5 Å². The van der Waals surface area contributed by atoms with Gasteiger partial charge in [-0.05, 0) is 36.6 Å². The zero-order valence-electron chi connectivity index (χ0n) is 12.3. The topological polar surface area (TPSA) is 15.3 Å². The molecule has 2 aliphatic heterocycles. The normalized spacial score (nSPS) is 23.7. The first-order chi connectivity index (χ1) is 10.4. The molecule has 0 aliphatic carbocycles. The van der Waals surface area contributed by atoms with Crippen LogP contribution in [0.2, 0.25) is 0 Å². The van der Waals surface area contributed by atoms with Gasteiger partial charge < -0.3 is 10.2 Å². The number of rotatable bonds is 3. The highest BCUT2D eigenvalue weighted by molar-refractivity contribution is 5.62. The molecule has 2 unspecified atom stereocenters. The molecule has 0 spiro atoms. The van der Waals surface area contributed by atoms with Gasteiger partial charge in [-0.3, -0.25) is 0 Å². The fourth-order valence-corrected chi connectivity index (χ4v) is 3.96. The van der Waals surface area contributed by atoms with Crippen LogP contribution in [0.4, 0.5) is 5.69 Å². The fraction of sp³-hybridized carbons (Fsp3) is 0.368. The summed E-state index contributed by atoms with van der Waals surface area (Å²) >= 11 is 0. The van der Waals surface area contributed by atoms with Crippen LogP contribution in [0, 0.1) is 0 Å². The number of fused-ring (bicyclic) bond motifs is 3. The van der Waals surface area contributed by atoms with E-state index in [9.17, 15) is 0 Å². The van der Waals surface area contributed by atoms with Crippen molar-refractivity contribution < 1.29 is 0 Å². The number of hydrogen-bond acceptors (Lipinski definition) is 2. The number of anilines is 1. The molecule has 2 aromatic rings. The summed E-state index contributed by atoms with van der Waals surface area (Å²) in [6.07, 6.45) is 2.39. The van der Waals surface area contributed by atoms with Crippen molar-refractivity contribution in [2.45, 2.75) is 24.8 Å². The first-order valence-corrected chi connectivity index (χ1v) is 8.04. The van der Waals surface area contributed by atoms with Gasteiger partial charge >= 0.3 is 0 Å². The molecule has 0 aromatic heterocycles. The zero-order valence-corrected chi connectivity index (χ0v) is 12.3. The minimum atomic E-state index is 0.672. The third kappa shape index (κ3) is 2.34. The maximum Gasteiger partial charge on any atom is 0.0405 e. The first-order valence-electron chi connectivity index (χ1n) is 8.04. The lowest BCUT2D eigenvalue weighted by Gasteiger charge is -2.34. The maximum absolute atomic E-state index is 3.56. The molecule has 2 aliphatic rings. The van der Waals surface area contributed by atoms with Gasteiger partial charge in [0.05, 0.1) is 0 Å². The summed E-state index contributed by atoms with van der Waals surface area (Å²) in [5.41, 5.74) is 4.45. The molecule has 0 saturated carbocycles. The van der Waals surface area contributed by atoms with Crippen LogP contribution in [-0.4, -0.2) is 25.7 Å². The molecule has 1 N–H and O–H groups in total. The standard InChI is InChI=1S/C19H22N2/c1-2-6-15(7-3-1)11-13-21-18-9-5-4-8-16(18)17-14-20-12-10-19(17)21/h1-9,17,19-20H,10-14H2. The van der Waals surface area contributed by atoms with E-state index in [0.29, 0.717) is 12.0 Å². The molecule has 1 fully saturated rings. The lowest BCUT2D eigenvalue weighted by molar-refractivity contribution is 0.403. The van der Waals surface area contributed by atoms with Crippen LogP contribution in [0.5, 0.6) is 0 Å². The highest BCUT2D eigenvalue weighted by Crippen LogP contribution is 2.42. The Balaban J connectivity index is 1.58. The molecule has 21 heavy (non-hydrogen) atoms. The van der Waals surface area contributed by atoms with Crippen LogP contribution in [0.25, 0.3) is 0 Å². The third-order valence-corrected chi connectivity index (χ3v) is 4.98. The average Bonchev–Trinajstić information content (AvgIpc) is 2.88. The van der Waals surface area contributed by atoms with E-state index < -0.39 is 0 Å². The molecule has 2 atom stereocenters. The van der Waals surface area contributed by atoms with Crippen LogP contribution >= 0.6 is 0 Å². The van der Waals surface area contributed by atoms with Crippen molar-refractivity contribution in [3.63, 3.8) is 0 Å². The molecule has 2 heterocycles. The Morgan fingerprint density at radius 3 is 2.71 bits per heavy atom. The van der Waals surface area contributed by atoms with Crippen LogP contribution in [-0.2, 0) is 6.42 Å². The Bertz CT molecular complexity index is 608. The lowest BCUT2D eigenvalue weighted by atomic mass is 9.90. The highest BCUT2D eigenvalue weighted by Gasteiger charge is 2.38. The van der Waals surface area contributed by atoms with E-state index in [4.69, 9.17) is 0 Å². The van der Waals surface area contributed by atoms with Crippen LogP contribution in [0.3, 0.4) is 0 Å². The number of para-hydroxylation sites is 1. The second kappa shape index (κ2) is 5.53. The summed E-state index contributed by atoms with van der Waals surface area (Å²) in [7, 11) is 0. The molecule has 2 nitrogen and oxygen atoms in total. The van der Waals surface area contributed by atoms with E-state index in [1.807, 2.05) is 0 Å². The number of benzene rings is 2. The summed E-state index contributed by atoms with van der Waals surface area (Å²) in [5, 5.41) is 3.56. The van der Waals surface area contributed by atoms with E-state index in [0.717, 1.165) is 26.1 Å². The number of nitrogens with one attached hydrogen (secondary N) is 1. The molecule has 4 rings (SSSR count). The minimum Gasteiger partial charge on any atom is -0.367 e. The van der Waals surface area contributed by atoms with Gasteiger partial charge in [0.2, 0.25) is 0 Å². The highest BCUT2D eigenvalue weighted by atomic mass is 15.2. The van der Waals surface area contributed by atoms with Gasteiger partial charge in [-0.25, -0.2) is 0 Å². The van der Waals surface area contributed by atoms with E-state index in [2.05, 4.69) is 64.8 Å². The van der Waals surface area contributed by atoms with Gasteiger partial charge in [0, 0.05) is 30.7 Å². The van der Waals surface area contributed by atoms with Gasteiger partial charge in [0.15, 0.2) is 0 Å². The Morgan fingerprint density at radius 1 is 1.00 bits per heavy atom. The van der Waals surface area contributed by atoms with Crippen molar-refractivity contribution in [2.75, 3.05) is 24.5 Å². The predicted octanol–water partition coefficient (Wildman–Crippen LogP) is 3.19. The third-order valence-electron chi connectivity index (χ3n) is 4.98. The number of nitrogens with zero attached hydrogens (tertiary/aromatic N) is 1. The Morgan fingerprint density at radius 2 is 1.81 bits per heavy atom. The summed E-state index contributed by atoms with van der Waals surface area (Å²) in [5.74, 6) is 0.672. The molecule has 2 heteroatoms. The molecular weight excluding hydrogens is 256 g/mol. The average molecular weight is 278 g/mol. The summed E-state index contributed by atoms with van der Waals surface area (Å²) in [6.45, 7) is 3.41. The van der Waals surface area contributed by atoms with Gasteiger partial charge in [-0.2, -0.15) is 0 Å². The molecule has 108 valence electrons. The molecule has 0 radical (unpaired) electrons. The Kier molecular flexibility index (Phi) is 3.40. The molecule has 0 amide bonds. The van der Waals surface area contributed by atoms with Crippen molar-refractivity contribution >= 4 is 5.69 Å². The lowest BCUT2D eigenvalue weighted by Crippen LogP contribution is -2.44. The van der Waals surface area contributed by atoms with E-state index in [1.165, 1.54) is 17.7 Å². The van der Waals surface area contributed by atoms with Crippen LogP contribution in [0.15, 0.2) is 54.6 Å². The molecule has 2 aromatic carbocycles. The Hall–Kier alpha value is -1.80. The van der Waals surface area contributed by atoms with Crippen molar-refractivity contribution in [3.8, 4) is 0 Å².